The first-order valence-corrected chi connectivity index (χ1v) is 6.63. The van der Waals surface area contributed by atoms with Crippen LogP contribution < -0.4 is 10.1 Å². The van der Waals surface area contributed by atoms with E-state index in [4.69, 9.17) is 16.3 Å². The molecule has 0 radical (unpaired) electrons. The topological polar surface area (TPSA) is 77.5 Å². The van der Waals surface area contributed by atoms with Crippen molar-refractivity contribution in [2.24, 2.45) is 0 Å². The van der Waals surface area contributed by atoms with Gasteiger partial charge in [0.05, 0.1) is 31.0 Å². The molecule has 1 heterocycles. The fourth-order valence-electron chi connectivity index (χ4n) is 1.78. The van der Waals surface area contributed by atoms with Gasteiger partial charge in [-0.1, -0.05) is 11.6 Å². The first-order chi connectivity index (χ1) is 10.6. The normalized spacial score (nSPS) is 9.95. The quantitative estimate of drug-likeness (QED) is 0.692. The number of amides is 1. The lowest BCUT2D eigenvalue weighted by atomic mass is 10.1. The van der Waals surface area contributed by atoms with Crippen LogP contribution in [0, 0.1) is 0 Å². The van der Waals surface area contributed by atoms with Crippen molar-refractivity contribution in [3.05, 3.63) is 52.8 Å². The Labute approximate surface area is 132 Å². The summed E-state index contributed by atoms with van der Waals surface area (Å²) in [7, 11) is 2.72. The van der Waals surface area contributed by atoms with Crippen LogP contribution in [0.5, 0.6) is 5.75 Å². The molecular formula is C15H13ClN2O4. The molecule has 0 saturated heterocycles. The van der Waals surface area contributed by atoms with E-state index in [1.165, 1.54) is 32.5 Å². The molecule has 0 aliphatic carbocycles. The van der Waals surface area contributed by atoms with Crippen LogP contribution in [-0.2, 0) is 4.74 Å². The average molecular weight is 321 g/mol. The van der Waals surface area contributed by atoms with Crippen LogP contribution in [0.1, 0.15) is 20.7 Å². The molecule has 0 fully saturated rings. The number of anilines is 1. The number of hydrogen-bond acceptors (Lipinski definition) is 5. The first kappa shape index (κ1) is 15.8. The fraction of sp³-hybridized carbons (Fsp3) is 0.133. The molecule has 0 aliphatic heterocycles. The summed E-state index contributed by atoms with van der Waals surface area (Å²) in [5.74, 6) is -0.593. The highest BCUT2D eigenvalue weighted by atomic mass is 35.5. The van der Waals surface area contributed by atoms with Crippen molar-refractivity contribution in [2.45, 2.75) is 0 Å². The van der Waals surface area contributed by atoms with E-state index in [-0.39, 0.29) is 10.7 Å². The number of hydrogen-bond donors (Lipinski definition) is 1. The van der Waals surface area contributed by atoms with E-state index in [1.807, 2.05) is 0 Å². The van der Waals surface area contributed by atoms with Gasteiger partial charge in [-0.25, -0.2) is 9.78 Å². The molecule has 22 heavy (non-hydrogen) atoms. The lowest BCUT2D eigenvalue weighted by molar-refractivity contribution is 0.0600. The maximum Gasteiger partial charge on any atom is 0.337 e. The number of pyridine rings is 1. The van der Waals surface area contributed by atoms with Gasteiger partial charge < -0.3 is 14.8 Å². The Morgan fingerprint density at radius 1 is 1.23 bits per heavy atom. The Morgan fingerprint density at radius 3 is 2.64 bits per heavy atom. The summed E-state index contributed by atoms with van der Waals surface area (Å²) in [5.41, 5.74) is 0.958. The van der Waals surface area contributed by atoms with Crippen LogP contribution >= 0.6 is 11.6 Å². The van der Waals surface area contributed by atoms with E-state index in [2.05, 4.69) is 15.0 Å². The van der Waals surface area contributed by atoms with E-state index in [1.54, 1.807) is 18.2 Å². The number of esters is 1. The van der Waals surface area contributed by atoms with Crippen LogP contribution in [-0.4, -0.2) is 31.1 Å². The number of benzene rings is 1. The monoisotopic (exact) mass is 320 g/mol. The number of nitrogens with zero attached hydrogens (tertiary/aromatic N) is 1. The highest BCUT2D eigenvalue weighted by molar-refractivity contribution is 6.33. The van der Waals surface area contributed by atoms with Gasteiger partial charge in [-0.05, 0) is 30.3 Å². The van der Waals surface area contributed by atoms with Crippen molar-refractivity contribution in [3.8, 4) is 5.75 Å². The van der Waals surface area contributed by atoms with Crippen molar-refractivity contribution in [1.29, 1.82) is 0 Å². The molecular weight excluding hydrogens is 308 g/mol. The van der Waals surface area contributed by atoms with E-state index >= 15 is 0 Å². The van der Waals surface area contributed by atoms with E-state index < -0.39 is 11.9 Å². The minimum Gasteiger partial charge on any atom is -0.495 e. The fourth-order valence-corrected chi connectivity index (χ4v) is 1.99. The lowest BCUT2D eigenvalue weighted by Crippen LogP contribution is -2.14. The van der Waals surface area contributed by atoms with Gasteiger partial charge >= 0.3 is 5.97 Å². The van der Waals surface area contributed by atoms with Gasteiger partial charge in [-0.15, -0.1) is 0 Å². The van der Waals surface area contributed by atoms with Crippen molar-refractivity contribution in [1.82, 2.24) is 4.98 Å². The molecule has 114 valence electrons. The third-order valence-corrected chi connectivity index (χ3v) is 3.18. The predicted octanol–water partition coefficient (Wildman–Crippen LogP) is 2.78. The minimum absolute atomic E-state index is 0.102. The number of rotatable bonds is 4. The van der Waals surface area contributed by atoms with Crippen LogP contribution in [0.15, 0.2) is 36.5 Å². The van der Waals surface area contributed by atoms with E-state index in [9.17, 15) is 9.59 Å². The molecule has 0 spiro atoms. The molecule has 1 N–H and O–H groups in total. The maximum absolute atomic E-state index is 12.2. The second kappa shape index (κ2) is 6.91. The molecule has 0 saturated carbocycles. The van der Waals surface area contributed by atoms with Gasteiger partial charge in [0.1, 0.15) is 10.9 Å². The van der Waals surface area contributed by atoms with Crippen LogP contribution in [0.25, 0.3) is 0 Å². The zero-order valence-electron chi connectivity index (χ0n) is 11.9. The largest absolute Gasteiger partial charge is 0.495 e. The molecule has 0 aliphatic rings. The Kier molecular flexibility index (Phi) is 4.95. The van der Waals surface area contributed by atoms with Crippen molar-refractivity contribution >= 4 is 29.2 Å². The zero-order valence-corrected chi connectivity index (χ0v) is 12.7. The molecule has 0 atom stereocenters. The molecule has 7 heteroatoms. The average Bonchev–Trinajstić information content (AvgIpc) is 2.54. The second-order valence-corrected chi connectivity index (χ2v) is 4.56. The maximum atomic E-state index is 12.2. The number of methoxy groups -OCH3 is 2. The molecule has 1 aromatic carbocycles. The SMILES string of the molecule is COC(=O)c1ccc(NC(=O)c2cccnc2Cl)c(OC)c1. The van der Waals surface area contributed by atoms with Crippen molar-refractivity contribution in [2.75, 3.05) is 19.5 Å². The van der Waals surface area contributed by atoms with Gasteiger partial charge in [0.15, 0.2) is 0 Å². The summed E-state index contributed by atoms with van der Waals surface area (Å²) in [6.45, 7) is 0. The van der Waals surface area contributed by atoms with Gasteiger partial charge in [0.2, 0.25) is 0 Å². The Morgan fingerprint density at radius 2 is 2.00 bits per heavy atom. The highest BCUT2D eigenvalue weighted by Crippen LogP contribution is 2.27. The summed E-state index contributed by atoms with van der Waals surface area (Å²) >= 11 is 5.88. The van der Waals surface area contributed by atoms with Crippen LogP contribution in [0.4, 0.5) is 5.69 Å². The molecule has 2 rings (SSSR count). The third kappa shape index (κ3) is 3.35. The molecule has 0 bridgehead atoms. The van der Waals surface area contributed by atoms with Gasteiger partial charge in [-0.2, -0.15) is 0 Å². The van der Waals surface area contributed by atoms with E-state index in [0.717, 1.165) is 0 Å². The molecule has 6 nitrogen and oxygen atoms in total. The van der Waals surface area contributed by atoms with Crippen molar-refractivity contribution < 1.29 is 19.1 Å². The Hall–Kier alpha value is -2.60. The lowest BCUT2D eigenvalue weighted by Gasteiger charge is -2.11. The molecule has 1 amide bonds. The number of carbonyl (C=O) groups excluding carboxylic acids is 2. The summed E-state index contributed by atoms with van der Waals surface area (Å²) in [5, 5.41) is 2.76. The summed E-state index contributed by atoms with van der Waals surface area (Å²) in [4.78, 5) is 27.5. The first-order valence-electron chi connectivity index (χ1n) is 6.25. The summed E-state index contributed by atoms with van der Waals surface area (Å²) in [6.07, 6.45) is 1.49. The van der Waals surface area contributed by atoms with Gasteiger partial charge in [0, 0.05) is 6.20 Å². The third-order valence-electron chi connectivity index (χ3n) is 2.87. The molecule has 0 unspecified atom stereocenters. The van der Waals surface area contributed by atoms with Crippen LogP contribution in [0.3, 0.4) is 0 Å². The van der Waals surface area contributed by atoms with Gasteiger partial charge in [0.25, 0.3) is 5.91 Å². The van der Waals surface area contributed by atoms with Crippen molar-refractivity contribution in [3.63, 3.8) is 0 Å². The number of halogens is 1. The number of carbonyl (C=O) groups is 2. The standard InChI is InChI=1S/C15H13ClN2O4/c1-21-12-8-9(15(20)22-2)5-6-11(12)18-14(19)10-4-3-7-17-13(10)16/h3-8H,1-2H3,(H,18,19). The number of ether oxygens (including phenoxy) is 2. The number of aromatic nitrogens is 1. The second-order valence-electron chi connectivity index (χ2n) is 4.20. The minimum atomic E-state index is -0.494. The van der Waals surface area contributed by atoms with Gasteiger partial charge in [-0.3, -0.25) is 4.79 Å². The smallest absolute Gasteiger partial charge is 0.337 e. The zero-order chi connectivity index (χ0) is 16.1. The molecule has 2 aromatic rings. The summed E-state index contributed by atoms with van der Waals surface area (Å²) in [6, 6.07) is 7.71. The Balaban J connectivity index is 2.28. The molecule has 1 aromatic heterocycles. The summed E-state index contributed by atoms with van der Waals surface area (Å²) < 4.78 is 9.81. The highest BCUT2D eigenvalue weighted by Gasteiger charge is 2.15. The predicted molar refractivity (Wildman–Crippen MR) is 81.5 cm³/mol. The van der Waals surface area contributed by atoms with E-state index in [0.29, 0.717) is 17.0 Å². The Bertz CT molecular complexity index is 718. The number of nitrogens with one attached hydrogen (secondary N) is 1. The van der Waals surface area contributed by atoms with Crippen LogP contribution in [0.2, 0.25) is 5.15 Å².